The van der Waals surface area contributed by atoms with Gasteiger partial charge in [0.15, 0.2) is 0 Å². The molecule has 2 atom stereocenters. The Kier molecular flexibility index (Phi) is 6.01. The smallest absolute Gasteiger partial charge is 0.0381 e. The van der Waals surface area contributed by atoms with Crippen LogP contribution in [0.25, 0.3) is 0 Å². The molecular weight excluding hydrogens is 256 g/mol. The van der Waals surface area contributed by atoms with E-state index in [0.717, 1.165) is 6.54 Å². The lowest BCUT2D eigenvalue weighted by Crippen LogP contribution is -2.47. The lowest BCUT2D eigenvalue weighted by atomic mass is 9.78. The van der Waals surface area contributed by atoms with Crippen molar-refractivity contribution in [3.8, 4) is 0 Å². The van der Waals surface area contributed by atoms with Crippen molar-refractivity contribution >= 4 is 0 Å². The van der Waals surface area contributed by atoms with Crippen LogP contribution in [0.2, 0.25) is 0 Å². The molecule has 0 spiro atoms. The minimum atomic E-state index is 0.157. The molecule has 0 aliphatic heterocycles. The van der Waals surface area contributed by atoms with Gasteiger partial charge >= 0.3 is 0 Å². The summed E-state index contributed by atoms with van der Waals surface area (Å²) in [6.07, 6.45) is 0. The maximum Gasteiger partial charge on any atom is 0.0381 e. The fourth-order valence-electron chi connectivity index (χ4n) is 3.19. The molecule has 0 bridgehead atoms. The highest BCUT2D eigenvalue weighted by Crippen LogP contribution is 2.35. The lowest BCUT2D eigenvalue weighted by Gasteiger charge is -2.43. The Hall–Kier alpha value is -0.860. The van der Waals surface area contributed by atoms with Crippen LogP contribution in [0, 0.1) is 10.8 Å². The minimum absolute atomic E-state index is 0.157. The summed E-state index contributed by atoms with van der Waals surface area (Å²) in [5, 5.41) is 3.51. The molecule has 0 heterocycles. The highest BCUT2D eigenvalue weighted by atomic mass is 15.1. The monoisotopic (exact) mass is 290 g/mol. The number of rotatable bonds is 6. The summed E-state index contributed by atoms with van der Waals surface area (Å²) < 4.78 is 0. The number of benzene rings is 1. The number of nitrogens with one attached hydrogen (secondary N) is 1. The quantitative estimate of drug-likeness (QED) is 0.838. The minimum Gasteiger partial charge on any atom is -0.313 e. The summed E-state index contributed by atoms with van der Waals surface area (Å²) >= 11 is 0. The van der Waals surface area contributed by atoms with Gasteiger partial charge in [-0.25, -0.2) is 0 Å². The molecule has 1 rings (SSSR count). The predicted octanol–water partition coefficient (Wildman–Crippen LogP) is 4.34. The SMILES string of the molecule is CNC(c1ccccc1)C(C)(C)CN(C)C(C)C(C)(C)C. The van der Waals surface area contributed by atoms with Crippen molar-refractivity contribution in [1.82, 2.24) is 10.2 Å². The second kappa shape index (κ2) is 6.93. The molecule has 120 valence electrons. The van der Waals surface area contributed by atoms with Gasteiger partial charge in [0.1, 0.15) is 0 Å². The van der Waals surface area contributed by atoms with Crippen LogP contribution in [0.1, 0.15) is 53.1 Å². The lowest BCUT2D eigenvalue weighted by molar-refractivity contribution is 0.0808. The van der Waals surface area contributed by atoms with Gasteiger partial charge in [0, 0.05) is 18.6 Å². The summed E-state index contributed by atoms with van der Waals surface area (Å²) in [6, 6.07) is 11.7. The Balaban J connectivity index is 2.88. The maximum atomic E-state index is 3.51. The number of nitrogens with zero attached hydrogens (tertiary/aromatic N) is 1. The van der Waals surface area contributed by atoms with Crippen LogP contribution in [0.5, 0.6) is 0 Å². The van der Waals surface area contributed by atoms with E-state index in [4.69, 9.17) is 0 Å². The zero-order valence-corrected chi connectivity index (χ0v) is 15.2. The van der Waals surface area contributed by atoms with Crippen LogP contribution >= 0.6 is 0 Å². The fourth-order valence-corrected chi connectivity index (χ4v) is 3.19. The molecule has 21 heavy (non-hydrogen) atoms. The molecule has 2 unspecified atom stereocenters. The second-order valence-electron chi connectivity index (χ2n) is 8.08. The fraction of sp³-hybridized carbons (Fsp3) is 0.684. The molecule has 0 aromatic heterocycles. The Labute approximate surface area is 131 Å². The highest BCUT2D eigenvalue weighted by Gasteiger charge is 2.34. The third kappa shape index (κ3) is 4.82. The topological polar surface area (TPSA) is 15.3 Å². The van der Waals surface area contributed by atoms with Crippen molar-refractivity contribution < 1.29 is 0 Å². The Morgan fingerprint density at radius 1 is 1.05 bits per heavy atom. The predicted molar refractivity (Wildman–Crippen MR) is 93.6 cm³/mol. The van der Waals surface area contributed by atoms with Crippen molar-refractivity contribution in [1.29, 1.82) is 0 Å². The highest BCUT2D eigenvalue weighted by molar-refractivity contribution is 5.21. The van der Waals surface area contributed by atoms with Crippen molar-refractivity contribution in [3.05, 3.63) is 35.9 Å². The second-order valence-corrected chi connectivity index (χ2v) is 8.08. The van der Waals surface area contributed by atoms with E-state index >= 15 is 0 Å². The normalized spacial score (nSPS) is 16.0. The molecule has 0 fully saturated rings. The van der Waals surface area contributed by atoms with E-state index in [1.807, 2.05) is 0 Å². The van der Waals surface area contributed by atoms with E-state index < -0.39 is 0 Å². The average molecular weight is 290 g/mol. The summed E-state index contributed by atoms with van der Waals surface area (Å²) in [5.74, 6) is 0. The van der Waals surface area contributed by atoms with Gasteiger partial charge in [-0.05, 0) is 37.4 Å². The summed E-state index contributed by atoms with van der Waals surface area (Å²) in [6.45, 7) is 15.0. The molecule has 0 saturated heterocycles. The first-order valence-electron chi connectivity index (χ1n) is 8.02. The first-order chi connectivity index (χ1) is 9.59. The Morgan fingerprint density at radius 3 is 2.00 bits per heavy atom. The van der Waals surface area contributed by atoms with E-state index in [2.05, 4.69) is 96.2 Å². The Morgan fingerprint density at radius 2 is 1.57 bits per heavy atom. The number of hydrogen-bond acceptors (Lipinski definition) is 2. The molecular formula is C19H34N2. The van der Waals surface area contributed by atoms with Crippen LogP contribution in [0.15, 0.2) is 30.3 Å². The van der Waals surface area contributed by atoms with Gasteiger partial charge in [-0.15, -0.1) is 0 Å². The van der Waals surface area contributed by atoms with E-state index in [0.29, 0.717) is 17.5 Å². The van der Waals surface area contributed by atoms with Crippen LogP contribution in [-0.2, 0) is 0 Å². The first-order valence-corrected chi connectivity index (χ1v) is 8.02. The van der Waals surface area contributed by atoms with Crippen LogP contribution in [-0.4, -0.2) is 31.6 Å². The van der Waals surface area contributed by atoms with Crippen LogP contribution in [0.4, 0.5) is 0 Å². The summed E-state index contributed by atoms with van der Waals surface area (Å²) in [5.41, 5.74) is 1.82. The molecule has 0 aliphatic rings. The molecule has 1 aromatic rings. The third-order valence-electron chi connectivity index (χ3n) is 4.77. The summed E-state index contributed by atoms with van der Waals surface area (Å²) in [4.78, 5) is 2.49. The Bertz CT molecular complexity index is 417. The maximum absolute atomic E-state index is 3.51. The van der Waals surface area contributed by atoms with Gasteiger partial charge in [0.2, 0.25) is 0 Å². The molecule has 0 radical (unpaired) electrons. The zero-order valence-electron chi connectivity index (χ0n) is 15.2. The van der Waals surface area contributed by atoms with E-state index in [1.54, 1.807) is 0 Å². The molecule has 2 heteroatoms. The summed E-state index contributed by atoms with van der Waals surface area (Å²) in [7, 11) is 4.31. The molecule has 0 aliphatic carbocycles. The average Bonchev–Trinajstić information content (AvgIpc) is 2.37. The van der Waals surface area contributed by atoms with Crippen LogP contribution < -0.4 is 5.32 Å². The largest absolute Gasteiger partial charge is 0.313 e. The van der Waals surface area contributed by atoms with Crippen molar-refractivity contribution in [3.63, 3.8) is 0 Å². The number of hydrogen-bond donors (Lipinski definition) is 1. The van der Waals surface area contributed by atoms with Crippen molar-refractivity contribution in [2.75, 3.05) is 20.6 Å². The van der Waals surface area contributed by atoms with Crippen molar-refractivity contribution in [2.45, 2.75) is 53.6 Å². The van der Waals surface area contributed by atoms with Crippen molar-refractivity contribution in [2.24, 2.45) is 10.8 Å². The van der Waals surface area contributed by atoms with Gasteiger partial charge in [-0.1, -0.05) is 65.0 Å². The van der Waals surface area contributed by atoms with Gasteiger partial charge in [0.25, 0.3) is 0 Å². The first kappa shape index (κ1) is 18.2. The third-order valence-corrected chi connectivity index (χ3v) is 4.77. The molecule has 0 amide bonds. The standard InChI is InChI=1S/C19H34N2/c1-15(18(2,3)4)21(8)14-19(5,6)17(20-7)16-12-10-9-11-13-16/h9-13,15,17,20H,14H2,1-8H3. The molecule has 2 nitrogen and oxygen atoms in total. The van der Waals surface area contributed by atoms with E-state index in [-0.39, 0.29) is 5.41 Å². The van der Waals surface area contributed by atoms with E-state index in [1.165, 1.54) is 5.56 Å². The van der Waals surface area contributed by atoms with Crippen LogP contribution in [0.3, 0.4) is 0 Å². The molecule has 0 saturated carbocycles. The van der Waals surface area contributed by atoms with Gasteiger partial charge in [-0.3, -0.25) is 0 Å². The molecule has 1 N–H and O–H groups in total. The molecule has 1 aromatic carbocycles. The van der Waals surface area contributed by atoms with E-state index in [9.17, 15) is 0 Å². The van der Waals surface area contributed by atoms with Gasteiger partial charge in [-0.2, -0.15) is 0 Å². The van der Waals surface area contributed by atoms with Gasteiger partial charge < -0.3 is 10.2 Å². The van der Waals surface area contributed by atoms with Gasteiger partial charge in [0.05, 0.1) is 0 Å². The zero-order chi connectivity index (χ0) is 16.3.